The standard InChI is InChI=1S/C31H18BrNO2/c32-29-18-28-23(17-24(29)22-12-4-8-16-30(22)33(34)35)21-11-3-7-15-27(21)31(28)25-13-5-1-9-19(25)20-10-2-6-14-26(20)31/h1-18H. The summed E-state index contributed by atoms with van der Waals surface area (Å²) in [5.41, 5.74) is 10.9. The predicted octanol–water partition coefficient (Wildman–Crippen LogP) is 8.37. The highest BCUT2D eigenvalue weighted by Gasteiger charge is 2.51. The topological polar surface area (TPSA) is 43.1 Å². The highest BCUT2D eigenvalue weighted by Crippen LogP contribution is 2.63. The molecule has 0 N–H and O–H groups in total. The first-order valence-corrected chi connectivity index (χ1v) is 12.3. The van der Waals surface area contributed by atoms with Gasteiger partial charge >= 0.3 is 0 Å². The number of hydrogen-bond donors (Lipinski definition) is 0. The molecular formula is C31H18BrNO2. The summed E-state index contributed by atoms with van der Waals surface area (Å²) in [5, 5.41) is 11.8. The average Bonchev–Trinajstić information content (AvgIpc) is 3.35. The summed E-state index contributed by atoms with van der Waals surface area (Å²) < 4.78 is 0.847. The summed E-state index contributed by atoms with van der Waals surface area (Å²) in [6.07, 6.45) is 0. The van der Waals surface area contributed by atoms with Crippen molar-refractivity contribution in [2.45, 2.75) is 5.41 Å². The molecule has 0 fully saturated rings. The maximum atomic E-state index is 11.8. The predicted molar refractivity (Wildman–Crippen MR) is 143 cm³/mol. The van der Waals surface area contributed by atoms with E-state index in [4.69, 9.17) is 0 Å². The lowest BCUT2D eigenvalue weighted by Crippen LogP contribution is -2.25. The van der Waals surface area contributed by atoms with Crippen LogP contribution in [0, 0.1) is 10.1 Å². The fourth-order valence-corrected chi connectivity index (χ4v) is 6.74. The first-order valence-electron chi connectivity index (χ1n) is 11.5. The molecule has 0 aromatic heterocycles. The van der Waals surface area contributed by atoms with Crippen LogP contribution in [0.15, 0.2) is 114 Å². The van der Waals surface area contributed by atoms with E-state index in [9.17, 15) is 10.1 Å². The number of fused-ring (bicyclic) bond motifs is 10. The van der Waals surface area contributed by atoms with Gasteiger partial charge in [-0.15, -0.1) is 0 Å². The highest BCUT2D eigenvalue weighted by atomic mass is 79.9. The maximum absolute atomic E-state index is 11.8. The molecule has 0 saturated carbocycles. The van der Waals surface area contributed by atoms with Crippen molar-refractivity contribution in [2.75, 3.05) is 0 Å². The van der Waals surface area contributed by atoms with Crippen molar-refractivity contribution in [1.29, 1.82) is 0 Å². The van der Waals surface area contributed by atoms with E-state index < -0.39 is 5.41 Å². The van der Waals surface area contributed by atoms with Crippen LogP contribution in [0.5, 0.6) is 0 Å². The lowest BCUT2D eigenvalue weighted by atomic mass is 9.70. The van der Waals surface area contributed by atoms with E-state index >= 15 is 0 Å². The van der Waals surface area contributed by atoms with Crippen molar-refractivity contribution in [2.24, 2.45) is 0 Å². The molecule has 7 rings (SSSR count). The Kier molecular flexibility index (Phi) is 4.21. The Morgan fingerprint density at radius 3 is 1.54 bits per heavy atom. The molecule has 2 aliphatic rings. The van der Waals surface area contributed by atoms with Gasteiger partial charge in [0, 0.05) is 16.1 Å². The second-order valence-electron chi connectivity index (χ2n) is 9.04. The van der Waals surface area contributed by atoms with Crippen LogP contribution in [0.4, 0.5) is 5.69 Å². The third-order valence-electron chi connectivity index (χ3n) is 7.48. The van der Waals surface area contributed by atoms with Gasteiger partial charge in [-0.1, -0.05) is 101 Å². The van der Waals surface area contributed by atoms with Crippen molar-refractivity contribution in [3.8, 4) is 33.4 Å². The Labute approximate surface area is 211 Å². The third-order valence-corrected chi connectivity index (χ3v) is 8.13. The van der Waals surface area contributed by atoms with Gasteiger partial charge in [-0.3, -0.25) is 10.1 Å². The number of benzene rings is 5. The Morgan fingerprint density at radius 1 is 0.543 bits per heavy atom. The van der Waals surface area contributed by atoms with Crippen LogP contribution in [-0.4, -0.2) is 4.92 Å². The van der Waals surface area contributed by atoms with Crippen molar-refractivity contribution in [3.05, 3.63) is 146 Å². The van der Waals surface area contributed by atoms with Gasteiger partial charge in [-0.2, -0.15) is 0 Å². The van der Waals surface area contributed by atoms with Crippen LogP contribution in [0.2, 0.25) is 0 Å². The second kappa shape index (κ2) is 7.24. The minimum atomic E-state index is -0.428. The highest BCUT2D eigenvalue weighted by molar-refractivity contribution is 9.10. The van der Waals surface area contributed by atoms with Crippen LogP contribution >= 0.6 is 15.9 Å². The van der Waals surface area contributed by atoms with Gasteiger partial charge in [0.1, 0.15) is 0 Å². The van der Waals surface area contributed by atoms with Gasteiger partial charge in [0.25, 0.3) is 5.69 Å². The van der Waals surface area contributed by atoms with Gasteiger partial charge in [-0.25, -0.2) is 0 Å². The molecule has 4 heteroatoms. The van der Waals surface area contributed by atoms with E-state index in [0.29, 0.717) is 5.56 Å². The Morgan fingerprint density at radius 2 is 1.00 bits per heavy atom. The molecule has 3 nitrogen and oxygen atoms in total. The van der Waals surface area contributed by atoms with Gasteiger partial charge in [0.2, 0.25) is 0 Å². The summed E-state index contributed by atoms with van der Waals surface area (Å²) in [6, 6.07) is 37.2. The third kappa shape index (κ3) is 2.55. The lowest BCUT2D eigenvalue weighted by molar-refractivity contribution is -0.384. The van der Waals surface area contributed by atoms with Crippen LogP contribution in [0.25, 0.3) is 33.4 Å². The van der Waals surface area contributed by atoms with Gasteiger partial charge in [0.05, 0.1) is 15.9 Å². The molecule has 35 heavy (non-hydrogen) atoms. The molecule has 0 aliphatic heterocycles. The summed E-state index contributed by atoms with van der Waals surface area (Å²) in [5.74, 6) is 0. The quantitative estimate of drug-likeness (QED) is 0.171. The zero-order chi connectivity index (χ0) is 23.7. The monoisotopic (exact) mass is 515 g/mol. The summed E-state index contributed by atoms with van der Waals surface area (Å²) in [6.45, 7) is 0. The van der Waals surface area contributed by atoms with Crippen molar-refractivity contribution >= 4 is 21.6 Å². The zero-order valence-electron chi connectivity index (χ0n) is 18.5. The van der Waals surface area contributed by atoms with Crippen molar-refractivity contribution in [1.82, 2.24) is 0 Å². The van der Waals surface area contributed by atoms with E-state index in [0.717, 1.165) is 15.6 Å². The van der Waals surface area contributed by atoms with Gasteiger partial charge in [0.15, 0.2) is 0 Å². The van der Waals surface area contributed by atoms with Crippen molar-refractivity contribution < 1.29 is 4.92 Å². The molecule has 0 amide bonds. The molecule has 0 heterocycles. The minimum Gasteiger partial charge on any atom is -0.258 e. The smallest absolute Gasteiger partial charge is 0.258 e. The minimum absolute atomic E-state index is 0.103. The fourth-order valence-electron chi connectivity index (χ4n) is 6.18. The molecule has 2 aliphatic carbocycles. The Balaban J connectivity index is 1.61. The van der Waals surface area contributed by atoms with Crippen LogP contribution < -0.4 is 0 Å². The molecule has 5 aromatic carbocycles. The number of nitro groups is 1. The number of rotatable bonds is 2. The first kappa shape index (κ1) is 20.4. The molecule has 1 spiro atoms. The van der Waals surface area contributed by atoms with Crippen LogP contribution in [-0.2, 0) is 5.41 Å². The number of hydrogen-bond acceptors (Lipinski definition) is 2. The second-order valence-corrected chi connectivity index (χ2v) is 9.89. The molecule has 0 saturated heterocycles. The summed E-state index contributed by atoms with van der Waals surface area (Å²) >= 11 is 3.80. The molecule has 5 aromatic rings. The molecule has 0 radical (unpaired) electrons. The zero-order valence-corrected chi connectivity index (χ0v) is 20.1. The molecule has 0 unspecified atom stereocenters. The Bertz CT molecular complexity index is 1660. The first-order chi connectivity index (χ1) is 17.1. The number of nitro benzene ring substituents is 1. The van der Waals surface area contributed by atoms with E-state index in [1.54, 1.807) is 12.1 Å². The SMILES string of the molecule is O=[N+]([O-])c1ccccc1-c1cc2c(cc1Br)C1(c3ccccc3-c3ccccc31)c1ccccc1-2. The number of para-hydroxylation sites is 1. The van der Waals surface area contributed by atoms with E-state index in [-0.39, 0.29) is 10.6 Å². The summed E-state index contributed by atoms with van der Waals surface area (Å²) in [7, 11) is 0. The molecule has 0 atom stereocenters. The number of halogens is 1. The van der Waals surface area contributed by atoms with Gasteiger partial charge < -0.3 is 0 Å². The van der Waals surface area contributed by atoms with E-state index in [1.807, 2.05) is 12.1 Å². The van der Waals surface area contributed by atoms with Crippen molar-refractivity contribution in [3.63, 3.8) is 0 Å². The van der Waals surface area contributed by atoms with E-state index in [2.05, 4.69) is 101 Å². The Hall–Kier alpha value is -4.02. The largest absolute Gasteiger partial charge is 0.277 e. The molecule has 0 bridgehead atoms. The average molecular weight is 516 g/mol. The van der Waals surface area contributed by atoms with Crippen LogP contribution in [0.1, 0.15) is 22.3 Å². The van der Waals surface area contributed by atoms with Gasteiger partial charge in [-0.05, 0) is 62.7 Å². The maximum Gasteiger partial charge on any atom is 0.277 e. The number of nitrogens with zero attached hydrogens (tertiary/aromatic N) is 1. The fraction of sp³-hybridized carbons (Fsp3) is 0.0323. The lowest BCUT2D eigenvalue weighted by Gasteiger charge is -2.30. The molecule has 166 valence electrons. The summed E-state index contributed by atoms with van der Waals surface area (Å²) in [4.78, 5) is 11.5. The molecular weight excluding hydrogens is 498 g/mol. The normalized spacial score (nSPS) is 13.7. The van der Waals surface area contributed by atoms with E-state index in [1.165, 1.54) is 38.9 Å². The van der Waals surface area contributed by atoms with Crippen LogP contribution in [0.3, 0.4) is 0 Å².